The molecule has 23 heavy (non-hydrogen) atoms. The fourth-order valence-electron chi connectivity index (χ4n) is 3.94. The van der Waals surface area contributed by atoms with Crippen LogP contribution in [0.5, 0.6) is 0 Å². The number of fused-ring (bicyclic) bond motifs is 3. The van der Waals surface area contributed by atoms with Crippen molar-refractivity contribution in [3.8, 4) is 6.07 Å². The third-order valence-electron chi connectivity index (χ3n) is 5.07. The zero-order chi connectivity index (χ0) is 15.8. The van der Waals surface area contributed by atoms with E-state index in [9.17, 15) is 10.1 Å². The van der Waals surface area contributed by atoms with Gasteiger partial charge in [0.05, 0.1) is 11.6 Å². The van der Waals surface area contributed by atoms with Crippen LogP contribution < -0.4 is 5.32 Å². The van der Waals surface area contributed by atoms with Crippen molar-refractivity contribution in [2.75, 3.05) is 19.6 Å². The van der Waals surface area contributed by atoms with E-state index < -0.39 is 0 Å². The van der Waals surface area contributed by atoms with Gasteiger partial charge < -0.3 is 10.2 Å². The van der Waals surface area contributed by atoms with E-state index in [1.807, 2.05) is 30.3 Å². The maximum Gasteiger partial charge on any atom is 0.251 e. The Labute approximate surface area is 135 Å². The molecule has 1 unspecified atom stereocenters. The molecule has 4 rings (SSSR count). The molecule has 0 radical (unpaired) electrons. The highest BCUT2D eigenvalue weighted by Gasteiger charge is 2.32. The number of carbonyl (C=O) groups is 1. The minimum Gasteiger partial charge on any atom is -0.348 e. The molecule has 2 fully saturated rings. The number of piperidine rings is 1. The number of benzene rings is 2. The molecule has 0 saturated carbocycles. The zero-order valence-corrected chi connectivity index (χ0v) is 13.0. The van der Waals surface area contributed by atoms with Crippen molar-refractivity contribution in [1.82, 2.24) is 10.2 Å². The predicted molar refractivity (Wildman–Crippen MR) is 89.1 cm³/mol. The number of nitrogens with one attached hydrogen (secondary N) is 1. The molecule has 2 saturated heterocycles. The summed E-state index contributed by atoms with van der Waals surface area (Å²) in [6, 6.07) is 13.7. The summed E-state index contributed by atoms with van der Waals surface area (Å²) in [5, 5.41) is 14.2. The molecule has 116 valence electrons. The molecule has 4 heteroatoms. The summed E-state index contributed by atoms with van der Waals surface area (Å²) in [5.74, 6) is 0.697. The summed E-state index contributed by atoms with van der Waals surface area (Å²) in [6.45, 7) is 3.31. The van der Waals surface area contributed by atoms with Gasteiger partial charge in [-0.1, -0.05) is 18.2 Å². The fraction of sp³-hybridized carbons (Fsp3) is 0.368. The van der Waals surface area contributed by atoms with Crippen LogP contribution in [0.1, 0.15) is 28.8 Å². The van der Waals surface area contributed by atoms with Gasteiger partial charge in [0, 0.05) is 30.1 Å². The van der Waals surface area contributed by atoms with E-state index >= 15 is 0 Å². The summed E-state index contributed by atoms with van der Waals surface area (Å²) in [7, 11) is 0. The van der Waals surface area contributed by atoms with Gasteiger partial charge in [0.1, 0.15) is 0 Å². The first-order valence-electron chi connectivity index (χ1n) is 8.19. The molecule has 2 aliphatic heterocycles. The largest absolute Gasteiger partial charge is 0.348 e. The van der Waals surface area contributed by atoms with Crippen molar-refractivity contribution >= 4 is 16.7 Å². The topological polar surface area (TPSA) is 56.1 Å². The Bertz CT molecular complexity index is 796. The second-order valence-electron chi connectivity index (χ2n) is 6.67. The van der Waals surface area contributed by atoms with Crippen LogP contribution >= 0.6 is 0 Å². The molecule has 2 aromatic rings. The standard InChI is InChI=1S/C19H19N3O/c20-10-16-3-1-2-14-4-5-15(9-18(14)16)19(23)21-17-8-13-6-7-22(11-13)12-17/h1-5,9,13,17H,6-8,11-12H2,(H,21,23)/t13-,17-/m1/s1. The smallest absolute Gasteiger partial charge is 0.251 e. The summed E-state index contributed by atoms with van der Waals surface area (Å²) >= 11 is 0. The first-order valence-corrected chi connectivity index (χ1v) is 8.19. The lowest BCUT2D eigenvalue weighted by molar-refractivity contribution is 0.0909. The van der Waals surface area contributed by atoms with Gasteiger partial charge >= 0.3 is 0 Å². The fourth-order valence-corrected chi connectivity index (χ4v) is 3.94. The van der Waals surface area contributed by atoms with E-state index in [0.29, 0.717) is 11.1 Å². The molecule has 0 aromatic heterocycles. The lowest BCUT2D eigenvalue weighted by Crippen LogP contribution is -2.47. The third kappa shape index (κ3) is 2.69. The Morgan fingerprint density at radius 2 is 2.17 bits per heavy atom. The molecule has 2 aliphatic rings. The van der Waals surface area contributed by atoms with Crippen LogP contribution in [0.15, 0.2) is 36.4 Å². The predicted octanol–water partition coefficient (Wildman–Crippen LogP) is 2.54. The highest BCUT2D eigenvalue weighted by molar-refractivity contribution is 6.00. The third-order valence-corrected chi connectivity index (χ3v) is 5.07. The van der Waals surface area contributed by atoms with Crippen molar-refractivity contribution in [2.45, 2.75) is 18.9 Å². The Morgan fingerprint density at radius 1 is 1.26 bits per heavy atom. The SMILES string of the molecule is N#Cc1cccc2ccc(C(=O)N[C@@H]3C[C@H]4CCN(C4)C3)cc12. The number of carbonyl (C=O) groups excluding carboxylic acids is 1. The normalized spacial score (nSPS) is 26.0. The summed E-state index contributed by atoms with van der Waals surface area (Å²) in [4.78, 5) is 15.0. The molecule has 2 aromatic carbocycles. The number of amides is 1. The molecule has 3 atom stereocenters. The van der Waals surface area contributed by atoms with E-state index in [4.69, 9.17) is 0 Å². The maximum absolute atomic E-state index is 12.6. The van der Waals surface area contributed by atoms with Gasteiger partial charge in [0.2, 0.25) is 0 Å². The average molecular weight is 305 g/mol. The van der Waals surface area contributed by atoms with E-state index in [1.54, 1.807) is 6.07 Å². The van der Waals surface area contributed by atoms with Gasteiger partial charge in [-0.2, -0.15) is 5.26 Å². The molecular formula is C19H19N3O. The molecule has 1 amide bonds. The van der Waals surface area contributed by atoms with Crippen molar-refractivity contribution in [3.05, 3.63) is 47.5 Å². The van der Waals surface area contributed by atoms with Crippen LogP contribution in [-0.2, 0) is 0 Å². The van der Waals surface area contributed by atoms with Crippen molar-refractivity contribution < 1.29 is 4.79 Å². The van der Waals surface area contributed by atoms with E-state index in [-0.39, 0.29) is 11.9 Å². The van der Waals surface area contributed by atoms with Crippen molar-refractivity contribution in [1.29, 1.82) is 5.26 Å². The van der Waals surface area contributed by atoms with Gasteiger partial charge in [-0.25, -0.2) is 0 Å². The Kier molecular flexibility index (Phi) is 3.51. The molecule has 0 aliphatic carbocycles. The number of nitrogens with zero attached hydrogens (tertiary/aromatic N) is 2. The molecule has 1 N–H and O–H groups in total. The lowest BCUT2D eigenvalue weighted by atomic mass is 9.96. The number of rotatable bonds is 2. The van der Waals surface area contributed by atoms with Crippen LogP contribution in [0.25, 0.3) is 10.8 Å². The first-order chi connectivity index (χ1) is 11.2. The minimum absolute atomic E-state index is 0.0351. The number of hydrogen-bond acceptors (Lipinski definition) is 3. The number of hydrogen-bond donors (Lipinski definition) is 1. The molecule has 0 spiro atoms. The molecule has 2 heterocycles. The molecular weight excluding hydrogens is 286 g/mol. The van der Waals surface area contributed by atoms with Crippen LogP contribution in [0.2, 0.25) is 0 Å². The van der Waals surface area contributed by atoms with Gasteiger partial charge in [0.15, 0.2) is 0 Å². The van der Waals surface area contributed by atoms with Gasteiger partial charge in [0.25, 0.3) is 5.91 Å². The Balaban J connectivity index is 1.56. The second-order valence-corrected chi connectivity index (χ2v) is 6.67. The van der Waals surface area contributed by atoms with Crippen LogP contribution in [-0.4, -0.2) is 36.5 Å². The average Bonchev–Trinajstić information content (AvgIpc) is 2.92. The summed E-state index contributed by atoms with van der Waals surface area (Å²) in [5.41, 5.74) is 1.24. The van der Waals surface area contributed by atoms with Gasteiger partial charge in [-0.05, 0) is 48.9 Å². The lowest BCUT2D eigenvalue weighted by Gasteiger charge is -2.30. The monoisotopic (exact) mass is 305 g/mol. The summed E-state index contributed by atoms with van der Waals surface area (Å²) < 4.78 is 0. The molecule has 4 nitrogen and oxygen atoms in total. The quantitative estimate of drug-likeness (QED) is 0.927. The highest BCUT2D eigenvalue weighted by Crippen LogP contribution is 2.27. The van der Waals surface area contributed by atoms with E-state index in [1.165, 1.54) is 19.5 Å². The van der Waals surface area contributed by atoms with E-state index in [2.05, 4.69) is 16.3 Å². The van der Waals surface area contributed by atoms with Gasteiger partial charge in [-0.3, -0.25) is 4.79 Å². The summed E-state index contributed by atoms with van der Waals surface area (Å²) in [6.07, 6.45) is 2.34. The van der Waals surface area contributed by atoms with Crippen LogP contribution in [0.3, 0.4) is 0 Å². The van der Waals surface area contributed by atoms with Crippen LogP contribution in [0, 0.1) is 17.2 Å². The van der Waals surface area contributed by atoms with Crippen molar-refractivity contribution in [3.63, 3.8) is 0 Å². The molecule has 2 bridgehead atoms. The zero-order valence-electron chi connectivity index (χ0n) is 13.0. The maximum atomic E-state index is 12.6. The second kappa shape index (κ2) is 5.68. The van der Waals surface area contributed by atoms with Gasteiger partial charge in [-0.15, -0.1) is 0 Å². The highest BCUT2D eigenvalue weighted by atomic mass is 16.1. The van der Waals surface area contributed by atoms with Crippen molar-refractivity contribution in [2.24, 2.45) is 5.92 Å². The number of nitriles is 1. The van der Waals surface area contributed by atoms with Crippen LogP contribution in [0.4, 0.5) is 0 Å². The Morgan fingerprint density at radius 3 is 3.00 bits per heavy atom. The Hall–Kier alpha value is -2.38. The minimum atomic E-state index is -0.0351. The first kappa shape index (κ1) is 14.2. The van der Waals surface area contributed by atoms with E-state index in [0.717, 1.165) is 29.7 Å².